The first-order valence-corrected chi connectivity index (χ1v) is 12.7. The molecule has 2 rings (SSSR count). The van der Waals surface area contributed by atoms with Crippen molar-refractivity contribution in [3.8, 4) is 0 Å². The minimum Gasteiger partial charge on any atom is -0.224 e. The molecule has 0 aliphatic rings. The molecule has 26 heavy (non-hydrogen) atoms. The second kappa shape index (κ2) is 7.73. The van der Waals surface area contributed by atoms with E-state index in [1.54, 1.807) is 30.3 Å². The predicted molar refractivity (Wildman–Crippen MR) is 101 cm³/mol. The van der Waals surface area contributed by atoms with E-state index in [-0.39, 0.29) is 9.79 Å². The average Bonchev–Trinajstić information content (AvgIpc) is 2.59. The lowest BCUT2D eigenvalue weighted by atomic mass is 10.2. The lowest BCUT2D eigenvalue weighted by Crippen LogP contribution is -2.16. The van der Waals surface area contributed by atoms with Crippen LogP contribution < -0.4 is 0 Å². The molecule has 0 N–H and O–H groups in total. The second-order valence-electron chi connectivity index (χ2n) is 5.64. The van der Waals surface area contributed by atoms with Gasteiger partial charge in [0.25, 0.3) is 0 Å². The van der Waals surface area contributed by atoms with E-state index in [9.17, 15) is 25.3 Å². The molecule has 0 aliphatic carbocycles. The monoisotopic (exact) mass is 414 g/mol. The van der Waals surface area contributed by atoms with E-state index < -0.39 is 41.0 Å². The van der Waals surface area contributed by atoms with E-state index >= 15 is 0 Å². The van der Waals surface area contributed by atoms with Gasteiger partial charge >= 0.3 is 0 Å². The molecule has 0 bridgehead atoms. The van der Waals surface area contributed by atoms with E-state index in [4.69, 9.17) is 0 Å². The van der Waals surface area contributed by atoms with Crippen molar-refractivity contribution in [2.24, 2.45) is 0 Å². The first kappa shape index (κ1) is 20.3. The zero-order valence-electron chi connectivity index (χ0n) is 13.9. The van der Waals surface area contributed by atoms with Gasteiger partial charge in [0.2, 0.25) is 0 Å². The summed E-state index contributed by atoms with van der Waals surface area (Å²) in [6.45, 7) is 0. The summed E-state index contributed by atoms with van der Waals surface area (Å²) in [6.07, 6.45) is 2.42. The highest BCUT2D eigenvalue weighted by atomic mass is 32.2. The van der Waals surface area contributed by atoms with Crippen LogP contribution in [0.1, 0.15) is 5.56 Å². The first-order chi connectivity index (χ1) is 12.0. The maximum absolute atomic E-state index is 12.3. The minimum absolute atomic E-state index is 0.00475. The van der Waals surface area contributed by atoms with E-state index in [2.05, 4.69) is 0 Å². The molecule has 0 aromatic heterocycles. The van der Waals surface area contributed by atoms with Crippen LogP contribution in [0.5, 0.6) is 0 Å². The zero-order chi connectivity index (χ0) is 19.4. The molecule has 9 heteroatoms. The summed E-state index contributed by atoms with van der Waals surface area (Å²) in [4.78, 5) is -0.123. The molecule has 0 aliphatic heterocycles. The zero-order valence-corrected chi connectivity index (χ0v) is 16.4. The quantitative estimate of drug-likeness (QED) is 0.686. The third-order valence-corrected chi connectivity index (χ3v) is 7.96. The van der Waals surface area contributed by atoms with Crippen LogP contribution in [0.2, 0.25) is 0 Å². The Balaban J connectivity index is 2.10. The van der Waals surface area contributed by atoms with E-state index in [0.29, 0.717) is 5.56 Å². The van der Waals surface area contributed by atoms with Crippen LogP contribution in [0.25, 0.3) is 6.08 Å². The van der Waals surface area contributed by atoms with Gasteiger partial charge in [-0.3, -0.25) is 0 Å². The predicted octanol–water partition coefficient (Wildman–Crippen LogP) is 1.95. The van der Waals surface area contributed by atoms with E-state index in [1.165, 1.54) is 18.2 Å². The molecule has 0 spiro atoms. The largest absolute Gasteiger partial charge is 0.224 e. The first-order valence-electron chi connectivity index (χ1n) is 7.48. The van der Waals surface area contributed by atoms with Gasteiger partial charge in [-0.25, -0.2) is 25.3 Å². The van der Waals surface area contributed by atoms with Gasteiger partial charge in [-0.1, -0.05) is 30.3 Å². The lowest BCUT2D eigenvalue weighted by Gasteiger charge is -2.05. The van der Waals surface area contributed by atoms with Gasteiger partial charge in [-0.2, -0.15) is 0 Å². The minimum atomic E-state index is -3.85. The standard InChI is InChI=1S/C17H18O6S3/c1-24(18,19)16-7-9-17(10-8-16)26(22,23)14-13-25(20,21)12-11-15-5-3-2-4-6-15/h2-12H,13-14H2,1H3/b12-11+. The highest BCUT2D eigenvalue weighted by Crippen LogP contribution is 2.16. The summed E-state index contributed by atoms with van der Waals surface area (Å²) < 4.78 is 71.4. The van der Waals surface area contributed by atoms with Crippen LogP contribution in [-0.4, -0.2) is 43.0 Å². The maximum atomic E-state index is 12.3. The van der Waals surface area contributed by atoms with Crippen molar-refractivity contribution in [2.45, 2.75) is 9.79 Å². The van der Waals surface area contributed by atoms with E-state index in [1.807, 2.05) is 0 Å². The molecular weight excluding hydrogens is 396 g/mol. The number of rotatable bonds is 7. The molecule has 6 nitrogen and oxygen atoms in total. The van der Waals surface area contributed by atoms with Crippen molar-refractivity contribution < 1.29 is 25.3 Å². The van der Waals surface area contributed by atoms with Gasteiger partial charge in [0.15, 0.2) is 29.5 Å². The summed E-state index contributed by atoms with van der Waals surface area (Å²) in [5.74, 6) is -1.15. The molecule has 2 aromatic carbocycles. The Bertz CT molecular complexity index is 1100. The van der Waals surface area contributed by atoms with Crippen molar-refractivity contribution in [2.75, 3.05) is 17.8 Å². The molecule has 2 aromatic rings. The fourth-order valence-electron chi connectivity index (χ4n) is 2.05. The molecule has 0 unspecified atom stereocenters. The molecule has 0 radical (unpaired) electrons. The molecule has 0 heterocycles. The van der Waals surface area contributed by atoms with E-state index in [0.717, 1.165) is 23.8 Å². The highest BCUT2D eigenvalue weighted by molar-refractivity contribution is 7.96. The molecule has 140 valence electrons. The third kappa shape index (κ3) is 5.79. The maximum Gasteiger partial charge on any atom is 0.179 e. The van der Waals surface area contributed by atoms with Gasteiger partial charge < -0.3 is 0 Å². The number of sulfone groups is 3. The van der Waals surface area contributed by atoms with Crippen molar-refractivity contribution in [3.05, 3.63) is 65.6 Å². The Morgan fingerprint density at radius 2 is 1.27 bits per heavy atom. The molecule has 0 fully saturated rings. The highest BCUT2D eigenvalue weighted by Gasteiger charge is 2.19. The Morgan fingerprint density at radius 3 is 1.81 bits per heavy atom. The van der Waals surface area contributed by atoms with Crippen molar-refractivity contribution in [1.82, 2.24) is 0 Å². The summed E-state index contributed by atoms with van der Waals surface area (Å²) in [5.41, 5.74) is 0.690. The Labute approximate surface area is 153 Å². The lowest BCUT2D eigenvalue weighted by molar-refractivity contribution is 0.591. The van der Waals surface area contributed by atoms with Crippen LogP contribution in [0, 0.1) is 0 Å². The van der Waals surface area contributed by atoms with Gasteiger partial charge in [-0.05, 0) is 35.9 Å². The smallest absolute Gasteiger partial charge is 0.179 e. The number of benzene rings is 2. The topological polar surface area (TPSA) is 102 Å². The van der Waals surface area contributed by atoms with Crippen molar-refractivity contribution >= 4 is 35.6 Å². The van der Waals surface area contributed by atoms with Gasteiger partial charge in [0, 0.05) is 11.7 Å². The Kier molecular flexibility index (Phi) is 6.05. The van der Waals surface area contributed by atoms with Gasteiger partial charge in [0.1, 0.15) is 0 Å². The third-order valence-electron chi connectivity index (χ3n) is 3.51. The summed E-state index contributed by atoms with van der Waals surface area (Å²) in [5, 5.41) is 0.991. The van der Waals surface area contributed by atoms with Crippen LogP contribution >= 0.6 is 0 Å². The average molecular weight is 415 g/mol. The fraction of sp³-hybridized carbons (Fsp3) is 0.176. The fourth-order valence-corrected chi connectivity index (χ4v) is 5.78. The van der Waals surface area contributed by atoms with Crippen molar-refractivity contribution in [3.63, 3.8) is 0 Å². The SMILES string of the molecule is CS(=O)(=O)c1ccc(S(=O)(=O)CCS(=O)(=O)/C=C/c2ccccc2)cc1. The van der Waals surface area contributed by atoms with Gasteiger partial charge in [-0.15, -0.1) is 0 Å². The van der Waals surface area contributed by atoms with Crippen LogP contribution in [0.4, 0.5) is 0 Å². The summed E-state index contributed by atoms with van der Waals surface area (Å²) in [6, 6.07) is 13.5. The molecular formula is C17H18O6S3. The van der Waals surface area contributed by atoms with Crippen LogP contribution in [0.3, 0.4) is 0 Å². The van der Waals surface area contributed by atoms with Crippen LogP contribution in [0.15, 0.2) is 69.8 Å². The molecule has 0 saturated heterocycles. The van der Waals surface area contributed by atoms with Gasteiger partial charge in [0.05, 0.1) is 21.3 Å². The Morgan fingerprint density at radius 1 is 0.731 bits per heavy atom. The molecule has 0 atom stereocenters. The molecule has 0 saturated carbocycles. The molecule has 0 amide bonds. The normalized spacial score (nSPS) is 13.1. The summed E-state index contributed by atoms with van der Waals surface area (Å²) >= 11 is 0. The summed E-state index contributed by atoms with van der Waals surface area (Å²) in [7, 11) is -11.0. The Hall–Kier alpha value is -1.97. The number of hydrogen-bond acceptors (Lipinski definition) is 6. The number of hydrogen-bond donors (Lipinski definition) is 0. The van der Waals surface area contributed by atoms with Crippen LogP contribution in [-0.2, 0) is 29.5 Å². The van der Waals surface area contributed by atoms with Crippen molar-refractivity contribution in [1.29, 1.82) is 0 Å². The second-order valence-corrected chi connectivity index (χ2v) is 11.8.